The summed E-state index contributed by atoms with van der Waals surface area (Å²) in [5.41, 5.74) is 2.01. The lowest BCUT2D eigenvalue weighted by molar-refractivity contribution is -0.152. The number of rotatable bonds is 9. The molecule has 0 unspecified atom stereocenters. The fourth-order valence-corrected chi connectivity index (χ4v) is 6.07. The van der Waals surface area contributed by atoms with Crippen LogP contribution in [-0.2, 0) is 16.1 Å². The molecule has 0 aromatic heterocycles. The molecule has 0 atom stereocenters. The molecule has 43 heavy (non-hydrogen) atoms. The Balaban J connectivity index is 1.62. The third-order valence-corrected chi connectivity index (χ3v) is 7.65. The van der Waals surface area contributed by atoms with Gasteiger partial charge in [0.25, 0.3) is 11.8 Å². The van der Waals surface area contributed by atoms with Crippen LogP contribution in [0.5, 0.6) is 0 Å². The summed E-state index contributed by atoms with van der Waals surface area (Å²) in [6.45, 7) is 5.69. The normalized spacial score (nSPS) is 11.2. The maximum Gasteiger partial charge on any atom is 0.327 e. The monoisotopic (exact) mass is 637 g/mol. The Morgan fingerprint density at radius 3 is 2.12 bits per heavy atom. The van der Waals surface area contributed by atoms with Crippen molar-refractivity contribution in [3.63, 3.8) is 0 Å². The van der Waals surface area contributed by atoms with Crippen LogP contribution in [0.3, 0.4) is 0 Å². The van der Waals surface area contributed by atoms with E-state index in [-0.39, 0.29) is 18.4 Å². The van der Waals surface area contributed by atoms with Crippen molar-refractivity contribution in [3.8, 4) is 0 Å². The number of halogens is 2. The van der Waals surface area contributed by atoms with Gasteiger partial charge in [0.05, 0.1) is 5.69 Å². The first-order valence-electron chi connectivity index (χ1n) is 13.5. The zero-order valence-electron chi connectivity index (χ0n) is 24.6. The van der Waals surface area contributed by atoms with Gasteiger partial charge in [0.1, 0.15) is 12.1 Å². The van der Waals surface area contributed by atoms with Gasteiger partial charge in [-0.2, -0.15) is 0 Å². The Kier molecular flexibility index (Phi) is 10.3. The minimum absolute atomic E-state index is 0.0616. The molecule has 10 heteroatoms. The van der Waals surface area contributed by atoms with Crippen LogP contribution in [-0.4, -0.2) is 48.9 Å². The van der Waals surface area contributed by atoms with Gasteiger partial charge in [0, 0.05) is 52.1 Å². The lowest BCUT2D eigenvalue weighted by Crippen LogP contribution is -2.31. The zero-order chi connectivity index (χ0) is 31.3. The lowest BCUT2D eigenvalue weighted by atomic mass is 10.0. The average molecular weight is 639 g/mol. The van der Waals surface area contributed by atoms with Gasteiger partial charge in [0.15, 0.2) is 0 Å². The second-order valence-electron chi connectivity index (χ2n) is 11.1. The SMILES string of the molecule is CN(C)C(=O)c1ccc(CNC(=O)c2cccc3c(N(CC(=O)OC(C)(C)C)Sc4cc(Cl)cc(Cl)c4)cccc23)cc1. The molecular formula is C33H33Cl2N3O4S. The molecule has 0 aliphatic rings. The van der Waals surface area contributed by atoms with Crippen molar-refractivity contribution in [2.75, 3.05) is 24.9 Å². The van der Waals surface area contributed by atoms with E-state index in [2.05, 4.69) is 5.32 Å². The number of carbonyl (C=O) groups excluding carboxylic acids is 3. The summed E-state index contributed by atoms with van der Waals surface area (Å²) in [5, 5.41) is 5.44. The van der Waals surface area contributed by atoms with E-state index in [0.717, 1.165) is 26.9 Å². The van der Waals surface area contributed by atoms with Gasteiger partial charge < -0.3 is 19.3 Å². The molecule has 2 amide bonds. The van der Waals surface area contributed by atoms with E-state index in [4.69, 9.17) is 27.9 Å². The summed E-state index contributed by atoms with van der Waals surface area (Å²) in [4.78, 5) is 40.8. The number of nitrogens with one attached hydrogen (secondary N) is 1. The second kappa shape index (κ2) is 13.7. The summed E-state index contributed by atoms with van der Waals surface area (Å²) in [6.07, 6.45) is 0. The van der Waals surface area contributed by atoms with Crippen LogP contribution in [0, 0.1) is 0 Å². The van der Waals surface area contributed by atoms with Crippen molar-refractivity contribution in [1.29, 1.82) is 0 Å². The Hall–Kier alpha value is -3.72. The number of ether oxygens (including phenoxy) is 1. The molecule has 224 valence electrons. The number of nitrogens with zero attached hydrogens (tertiary/aromatic N) is 2. The van der Waals surface area contributed by atoms with Gasteiger partial charge in [-0.3, -0.25) is 14.4 Å². The molecule has 4 aromatic carbocycles. The summed E-state index contributed by atoms with van der Waals surface area (Å²) in [5.74, 6) is -0.735. The topological polar surface area (TPSA) is 79.0 Å². The molecule has 1 N–H and O–H groups in total. The number of anilines is 1. The predicted molar refractivity (Wildman–Crippen MR) is 175 cm³/mol. The van der Waals surface area contributed by atoms with Crippen LogP contribution in [0.2, 0.25) is 10.0 Å². The number of fused-ring (bicyclic) bond motifs is 1. The third-order valence-electron chi connectivity index (χ3n) is 6.22. The standard InChI is InChI=1S/C33H33Cl2N3O4S/c1-33(2,3)42-30(39)20-38(43-25-17-23(34)16-24(35)18-25)29-11-7-8-26-27(29)9-6-10-28(26)31(40)36-19-21-12-14-22(15-13-21)32(41)37(4)5/h6-18H,19-20H2,1-5H3,(H,36,40). The Morgan fingerprint density at radius 1 is 0.860 bits per heavy atom. The van der Waals surface area contributed by atoms with E-state index in [0.29, 0.717) is 27.7 Å². The maximum atomic E-state index is 13.4. The van der Waals surface area contributed by atoms with Crippen LogP contribution in [0.15, 0.2) is 83.8 Å². The van der Waals surface area contributed by atoms with E-state index < -0.39 is 11.6 Å². The molecule has 4 rings (SSSR count). The van der Waals surface area contributed by atoms with Crippen molar-refractivity contribution in [1.82, 2.24) is 10.2 Å². The Bertz CT molecular complexity index is 1630. The number of esters is 1. The smallest absolute Gasteiger partial charge is 0.327 e. The van der Waals surface area contributed by atoms with Crippen molar-refractivity contribution in [3.05, 3.63) is 106 Å². The first-order chi connectivity index (χ1) is 20.3. The Morgan fingerprint density at radius 2 is 1.49 bits per heavy atom. The van der Waals surface area contributed by atoms with Crippen molar-refractivity contribution in [2.45, 2.75) is 37.8 Å². The van der Waals surface area contributed by atoms with Crippen molar-refractivity contribution >= 4 is 69.4 Å². The van der Waals surface area contributed by atoms with Crippen LogP contribution in [0.4, 0.5) is 5.69 Å². The largest absolute Gasteiger partial charge is 0.459 e. The summed E-state index contributed by atoms with van der Waals surface area (Å²) >= 11 is 13.8. The molecule has 7 nitrogen and oxygen atoms in total. The van der Waals surface area contributed by atoms with Crippen LogP contribution in [0.1, 0.15) is 47.1 Å². The van der Waals surface area contributed by atoms with E-state index in [9.17, 15) is 14.4 Å². The molecule has 4 aromatic rings. The average Bonchev–Trinajstić information content (AvgIpc) is 2.93. The molecular weight excluding hydrogens is 605 g/mol. The van der Waals surface area contributed by atoms with Crippen LogP contribution >= 0.6 is 35.1 Å². The van der Waals surface area contributed by atoms with Gasteiger partial charge in [0.2, 0.25) is 0 Å². The number of amides is 2. The third kappa shape index (κ3) is 8.66. The molecule has 0 saturated heterocycles. The molecule has 0 heterocycles. The molecule has 0 bridgehead atoms. The highest BCUT2D eigenvalue weighted by atomic mass is 35.5. The second-order valence-corrected chi connectivity index (χ2v) is 13.0. The number of benzene rings is 4. The van der Waals surface area contributed by atoms with E-state index in [1.165, 1.54) is 16.8 Å². The van der Waals surface area contributed by atoms with E-state index in [1.54, 1.807) is 50.5 Å². The van der Waals surface area contributed by atoms with Gasteiger partial charge in [-0.1, -0.05) is 59.6 Å². The van der Waals surface area contributed by atoms with Gasteiger partial charge >= 0.3 is 5.97 Å². The summed E-state index contributed by atoms with van der Waals surface area (Å²) < 4.78 is 7.44. The molecule has 0 spiro atoms. The molecule has 0 radical (unpaired) electrons. The fourth-order valence-electron chi connectivity index (χ4n) is 4.38. The van der Waals surface area contributed by atoms with Gasteiger partial charge in [-0.15, -0.1) is 0 Å². The molecule has 0 fully saturated rings. The first kappa shape index (κ1) is 32.2. The minimum atomic E-state index is -0.654. The lowest BCUT2D eigenvalue weighted by Gasteiger charge is -2.27. The highest BCUT2D eigenvalue weighted by molar-refractivity contribution is 8.00. The summed E-state index contributed by atoms with van der Waals surface area (Å²) in [6, 6.07) is 23.4. The first-order valence-corrected chi connectivity index (χ1v) is 15.1. The number of hydrogen-bond acceptors (Lipinski definition) is 6. The Labute approximate surface area is 266 Å². The van der Waals surface area contributed by atoms with Crippen LogP contribution in [0.25, 0.3) is 10.8 Å². The van der Waals surface area contributed by atoms with Gasteiger partial charge in [-0.05, 0) is 86.1 Å². The van der Waals surface area contributed by atoms with Crippen LogP contribution < -0.4 is 9.62 Å². The van der Waals surface area contributed by atoms with Crippen molar-refractivity contribution < 1.29 is 19.1 Å². The fraction of sp³-hybridized carbons (Fsp3) is 0.242. The van der Waals surface area contributed by atoms with E-state index >= 15 is 0 Å². The zero-order valence-corrected chi connectivity index (χ0v) is 26.9. The van der Waals surface area contributed by atoms with Gasteiger partial charge in [-0.25, -0.2) is 0 Å². The quantitative estimate of drug-likeness (QED) is 0.150. The molecule has 0 saturated carbocycles. The minimum Gasteiger partial charge on any atom is -0.459 e. The predicted octanol–water partition coefficient (Wildman–Crippen LogP) is 7.63. The molecule has 0 aliphatic carbocycles. The maximum absolute atomic E-state index is 13.4. The van der Waals surface area contributed by atoms with E-state index in [1.807, 2.05) is 67.5 Å². The summed E-state index contributed by atoms with van der Waals surface area (Å²) in [7, 11) is 3.41. The molecule has 0 aliphatic heterocycles. The highest BCUT2D eigenvalue weighted by Crippen LogP contribution is 2.37. The number of hydrogen-bond donors (Lipinski definition) is 1. The van der Waals surface area contributed by atoms with Crippen molar-refractivity contribution in [2.24, 2.45) is 0 Å². The highest BCUT2D eigenvalue weighted by Gasteiger charge is 2.23. The number of carbonyl (C=O) groups is 3.